The van der Waals surface area contributed by atoms with E-state index in [1.165, 1.54) is 18.2 Å². The molecule has 0 spiro atoms. The molecule has 0 aliphatic heterocycles. The van der Waals surface area contributed by atoms with Gasteiger partial charge in [-0.1, -0.05) is 17.7 Å². The summed E-state index contributed by atoms with van der Waals surface area (Å²) < 4.78 is 21.4. The van der Waals surface area contributed by atoms with Crippen LogP contribution in [0.5, 0.6) is 11.5 Å². The molecular weight excluding hydrogens is 473 g/mol. The molecule has 0 amide bonds. The van der Waals surface area contributed by atoms with Crippen molar-refractivity contribution in [2.24, 2.45) is 0 Å². The van der Waals surface area contributed by atoms with Crippen LogP contribution in [0.2, 0.25) is 5.02 Å². The van der Waals surface area contributed by atoms with Gasteiger partial charge in [0.05, 0.1) is 16.1 Å². The van der Waals surface area contributed by atoms with E-state index in [1.807, 2.05) is 12.1 Å². The van der Waals surface area contributed by atoms with E-state index in [-0.39, 0.29) is 23.6 Å². The molecule has 0 atom stereocenters. The Morgan fingerprint density at radius 3 is 2.73 bits per heavy atom. The zero-order valence-electron chi connectivity index (χ0n) is 15.1. The average molecular weight is 483 g/mol. The molecule has 2 aromatic carbocycles. The molecule has 4 rings (SSSR count). The molecule has 0 aliphatic carbocycles. The number of hydrogen-bond donors (Lipinski definition) is 1. The Labute approximate surface area is 183 Å². The monoisotopic (exact) mass is 481 g/mol. The summed E-state index contributed by atoms with van der Waals surface area (Å²) in [5.74, 6) is -0.337. The highest BCUT2D eigenvalue weighted by Crippen LogP contribution is 2.36. The maximum absolute atomic E-state index is 15.3. The van der Waals surface area contributed by atoms with Crippen LogP contribution in [0, 0.1) is 28.5 Å². The SMILES string of the molecule is N#Cc1cc(Cl)cc(Oc2c(Br)ccc(Cc3[nH]nc4nc(C#N)ccc34)c2F)c1. The number of nitrogens with one attached hydrogen (secondary N) is 1. The van der Waals surface area contributed by atoms with Gasteiger partial charge in [-0.25, -0.2) is 9.37 Å². The summed E-state index contributed by atoms with van der Waals surface area (Å²) in [6.07, 6.45) is 0.207. The molecule has 2 aromatic heterocycles. The first kappa shape index (κ1) is 19.8. The summed E-state index contributed by atoms with van der Waals surface area (Å²) in [6.45, 7) is 0. The van der Waals surface area contributed by atoms with E-state index < -0.39 is 5.82 Å². The third-order valence-corrected chi connectivity index (χ3v) is 5.17. The predicted molar refractivity (Wildman–Crippen MR) is 112 cm³/mol. The second kappa shape index (κ2) is 8.11. The molecule has 4 aromatic rings. The van der Waals surface area contributed by atoms with Gasteiger partial charge in [0.1, 0.15) is 17.5 Å². The second-order valence-corrected chi connectivity index (χ2v) is 7.59. The van der Waals surface area contributed by atoms with Crippen LogP contribution < -0.4 is 4.74 Å². The summed E-state index contributed by atoms with van der Waals surface area (Å²) in [4.78, 5) is 4.12. The Morgan fingerprint density at radius 2 is 1.97 bits per heavy atom. The number of pyridine rings is 1. The zero-order chi connectivity index (χ0) is 21.3. The van der Waals surface area contributed by atoms with Gasteiger partial charge < -0.3 is 4.74 Å². The fraction of sp³-hybridized carbons (Fsp3) is 0.0476. The molecule has 0 unspecified atom stereocenters. The fourth-order valence-electron chi connectivity index (χ4n) is 2.94. The highest BCUT2D eigenvalue weighted by molar-refractivity contribution is 9.10. The largest absolute Gasteiger partial charge is 0.453 e. The average Bonchev–Trinajstić information content (AvgIpc) is 3.14. The summed E-state index contributed by atoms with van der Waals surface area (Å²) in [5, 5.41) is 26.0. The zero-order valence-corrected chi connectivity index (χ0v) is 17.4. The van der Waals surface area contributed by atoms with Crippen molar-refractivity contribution in [1.82, 2.24) is 15.2 Å². The van der Waals surface area contributed by atoms with E-state index >= 15 is 4.39 Å². The van der Waals surface area contributed by atoms with E-state index in [4.69, 9.17) is 26.9 Å². The standard InChI is InChI=1S/C21H10BrClFN5O/c22-17-4-1-12(7-18-16-3-2-14(10-26)27-21(16)29-28-18)19(24)20(17)30-15-6-11(9-25)5-13(23)8-15/h1-6,8H,7H2,(H,27,28,29). The molecule has 1 N–H and O–H groups in total. The topological polar surface area (TPSA) is 98.4 Å². The Hall–Kier alpha value is -3.46. The van der Waals surface area contributed by atoms with Crippen LogP contribution >= 0.6 is 27.5 Å². The minimum absolute atomic E-state index is 0.0210. The number of hydrogen-bond acceptors (Lipinski definition) is 5. The van der Waals surface area contributed by atoms with Gasteiger partial charge in [0.15, 0.2) is 17.2 Å². The Balaban J connectivity index is 1.69. The van der Waals surface area contributed by atoms with E-state index in [2.05, 4.69) is 31.1 Å². The number of nitrogens with zero attached hydrogens (tertiary/aromatic N) is 4. The third-order valence-electron chi connectivity index (χ3n) is 4.33. The number of rotatable bonds is 4. The molecule has 6 nitrogen and oxygen atoms in total. The van der Waals surface area contributed by atoms with Crippen molar-refractivity contribution < 1.29 is 9.13 Å². The smallest absolute Gasteiger partial charge is 0.182 e. The maximum Gasteiger partial charge on any atom is 0.182 e. The Bertz CT molecular complexity index is 1370. The van der Waals surface area contributed by atoms with Gasteiger partial charge in [0.2, 0.25) is 0 Å². The van der Waals surface area contributed by atoms with E-state index in [0.717, 1.165) is 0 Å². The number of halogens is 3. The number of aromatic nitrogens is 3. The molecule has 0 saturated heterocycles. The minimum Gasteiger partial charge on any atom is -0.453 e. The number of ether oxygens (including phenoxy) is 1. The quantitative estimate of drug-likeness (QED) is 0.406. The summed E-state index contributed by atoms with van der Waals surface area (Å²) >= 11 is 9.31. The summed E-state index contributed by atoms with van der Waals surface area (Å²) in [6, 6.07) is 15.0. The lowest BCUT2D eigenvalue weighted by molar-refractivity contribution is 0.436. The van der Waals surface area contributed by atoms with Crippen molar-refractivity contribution in [3.8, 4) is 23.6 Å². The molecule has 0 aliphatic rings. The van der Waals surface area contributed by atoms with Crippen LogP contribution in [0.4, 0.5) is 4.39 Å². The molecule has 0 fully saturated rings. The highest BCUT2D eigenvalue weighted by atomic mass is 79.9. The minimum atomic E-state index is -0.563. The van der Waals surface area contributed by atoms with Crippen LogP contribution in [0.3, 0.4) is 0 Å². The molecule has 0 radical (unpaired) electrons. The van der Waals surface area contributed by atoms with Crippen molar-refractivity contribution in [3.63, 3.8) is 0 Å². The first-order valence-corrected chi connectivity index (χ1v) is 9.75. The number of H-pyrrole nitrogens is 1. The number of nitriles is 2. The normalized spacial score (nSPS) is 10.6. The van der Waals surface area contributed by atoms with Crippen molar-refractivity contribution in [1.29, 1.82) is 10.5 Å². The van der Waals surface area contributed by atoms with Crippen LogP contribution in [0.15, 0.2) is 46.9 Å². The van der Waals surface area contributed by atoms with Crippen LogP contribution in [-0.4, -0.2) is 15.2 Å². The van der Waals surface area contributed by atoms with Gasteiger partial charge in [-0.05, 0) is 57.9 Å². The summed E-state index contributed by atoms with van der Waals surface area (Å²) in [5.41, 5.74) is 1.97. The lowest BCUT2D eigenvalue weighted by Gasteiger charge is -2.12. The second-order valence-electron chi connectivity index (χ2n) is 6.30. The lowest BCUT2D eigenvalue weighted by atomic mass is 10.1. The van der Waals surface area contributed by atoms with Gasteiger partial charge in [-0.15, -0.1) is 0 Å². The Kier molecular flexibility index (Phi) is 5.37. The van der Waals surface area contributed by atoms with Crippen molar-refractivity contribution in [2.75, 3.05) is 0 Å². The van der Waals surface area contributed by atoms with Crippen LogP contribution in [0.25, 0.3) is 11.0 Å². The van der Waals surface area contributed by atoms with Crippen LogP contribution in [-0.2, 0) is 6.42 Å². The number of fused-ring (bicyclic) bond motifs is 1. The van der Waals surface area contributed by atoms with E-state index in [9.17, 15) is 0 Å². The lowest BCUT2D eigenvalue weighted by Crippen LogP contribution is -1.98. The van der Waals surface area contributed by atoms with Gasteiger partial charge in [0.25, 0.3) is 0 Å². The van der Waals surface area contributed by atoms with Gasteiger partial charge in [0, 0.05) is 22.5 Å². The van der Waals surface area contributed by atoms with Gasteiger partial charge >= 0.3 is 0 Å². The van der Waals surface area contributed by atoms with Crippen LogP contribution in [0.1, 0.15) is 22.5 Å². The number of aromatic amines is 1. The highest BCUT2D eigenvalue weighted by Gasteiger charge is 2.17. The van der Waals surface area contributed by atoms with Gasteiger partial charge in [-0.3, -0.25) is 5.10 Å². The van der Waals surface area contributed by atoms with Gasteiger partial charge in [-0.2, -0.15) is 15.6 Å². The fourth-order valence-corrected chi connectivity index (χ4v) is 3.56. The predicted octanol–water partition coefficient (Wildman–Crippen LogP) is 5.64. The Morgan fingerprint density at radius 1 is 1.13 bits per heavy atom. The maximum atomic E-state index is 15.3. The molecule has 146 valence electrons. The van der Waals surface area contributed by atoms with Crippen molar-refractivity contribution >= 4 is 38.6 Å². The first-order chi connectivity index (χ1) is 14.5. The summed E-state index contributed by atoms with van der Waals surface area (Å²) in [7, 11) is 0. The molecule has 9 heteroatoms. The molecule has 30 heavy (non-hydrogen) atoms. The molecule has 0 saturated carbocycles. The molecular formula is C21H10BrClFN5O. The number of benzene rings is 2. The van der Waals surface area contributed by atoms with E-state index in [0.29, 0.717) is 37.3 Å². The molecule has 0 bridgehead atoms. The first-order valence-electron chi connectivity index (χ1n) is 8.58. The third kappa shape index (κ3) is 3.84. The van der Waals surface area contributed by atoms with E-state index in [1.54, 1.807) is 24.3 Å². The van der Waals surface area contributed by atoms with Crippen molar-refractivity contribution in [3.05, 3.63) is 80.3 Å². The van der Waals surface area contributed by atoms with Crippen molar-refractivity contribution in [2.45, 2.75) is 6.42 Å². The molecule has 2 heterocycles.